The molecule has 3 rings (SSSR count). The Labute approximate surface area is 103 Å². The van der Waals surface area contributed by atoms with Crippen molar-refractivity contribution in [2.45, 2.75) is 31.1 Å². The van der Waals surface area contributed by atoms with Gasteiger partial charge in [0.2, 0.25) is 0 Å². The maximum Gasteiger partial charge on any atom is 0.416 e. The van der Waals surface area contributed by atoms with Crippen LogP contribution in [0.2, 0.25) is 0 Å². The van der Waals surface area contributed by atoms with E-state index in [0.717, 1.165) is 25.5 Å². The molecule has 0 amide bonds. The zero-order valence-electron chi connectivity index (χ0n) is 9.80. The van der Waals surface area contributed by atoms with E-state index in [1.165, 1.54) is 6.07 Å². The van der Waals surface area contributed by atoms with Crippen LogP contribution in [0.3, 0.4) is 0 Å². The predicted molar refractivity (Wildman–Crippen MR) is 59.9 cm³/mol. The molecule has 0 aliphatic carbocycles. The van der Waals surface area contributed by atoms with Gasteiger partial charge in [-0.15, -0.1) is 0 Å². The number of fused-ring (bicyclic) bond motifs is 3. The number of hydrogen-bond acceptors (Lipinski definition) is 2. The van der Waals surface area contributed by atoms with E-state index < -0.39 is 17.3 Å². The molecule has 2 nitrogen and oxygen atoms in total. The molecule has 1 N–H and O–H groups in total. The van der Waals surface area contributed by atoms with E-state index in [9.17, 15) is 18.3 Å². The molecular weight excluding hydrogens is 243 g/mol. The molecule has 1 saturated heterocycles. The Hall–Kier alpha value is -1.07. The van der Waals surface area contributed by atoms with Gasteiger partial charge in [-0.2, -0.15) is 13.2 Å². The number of alkyl halides is 3. The first-order chi connectivity index (χ1) is 8.49. The monoisotopic (exact) mass is 257 g/mol. The van der Waals surface area contributed by atoms with Crippen LogP contribution in [0.5, 0.6) is 0 Å². The highest BCUT2D eigenvalue weighted by Gasteiger charge is 2.50. The molecule has 2 aliphatic heterocycles. The van der Waals surface area contributed by atoms with Crippen LogP contribution in [0.15, 0.2) is 18.2 Å². The fourth-order valence-corrected chi connectivity index (χ4v) is 3.38. The van der Waals surface area contributed by atoms with Crippen LogP contribution in [0, 0.1) is 0 Å². The Bertz CT molecular complexity index is 486. The first-order valence-electron chi connectivity index (χ1n) is 6.04. The molecule has 0 aromatic heterocycles. The van der Waals surface area contributed by atoms with Gasteiger partial charge in [0.25, 0.3) is 0 Å². The summed E-state index contributed by atoms with van der Waals surface area (Å²) in [6.45, 7) is 0.944. The molecule has 1 aromatic carbocycles. The van der Waals surface area contributed by atoms with Crippen LogP contribution < -0.4 is 0 Å². The van der Waals surface area contributed by atoms with Gasteiger partial charge in [0.05, 0.1) is 17.7 Å². The molecule has 0 spiro atoms. The summed E-state index contributed by atoms with van der Waals surface area (Å²) in [6.07, 6.45) is -2.66. The highest BCUT2D eigenvalue weighted by Crippen LogP contribution is 2.49. The summed E-state index contributed by atoms with van der Waals surface area (Å²) in [6, 6.07) is 4.30. The minimum absolute atomic E-state index is 0.110. The first kappa shape index (κ1) is 12.0. The van der Waals surface area contributed by atoms with Gasteiger partial charge >= 0.3 is 6.18 Å². The van der Waals surface area contributed by atoms with Gasteiger partial charge in [-0.3, -0.25) is 4.90 Å². The average Bonchev–Trinajstić information content (AvgIpc) is 2.82. The van der Waals surface area contributed by atoms with E-state index in [1.807, 2.05) is 4.90 Å². The fourth-order valence-electron chi connectivity index (χ4n) is 3.38. The van der Waals surface area contributed by atoms with Gasteiger partial charge in [0.1, 0.15) is 0 Å². The molecular formula is C13H14F3NO. The van der Waals surface area contributed by atoms with E-state index in [0.29, 0.717) is 17.7 Å². The Morgan fingerprint density at radius 2 is 2.11 bits per heavy atom. The molecule has 1 aromatic rings. The van der Waals surface area contributed by atoms with E-state index in [2.05, 4.69) is 0 Å². The number of rotatable bonds is 1. The topological polar surface area (TPSA) is 23.5 Å². The third-order valence-corrected chi connectivity index (χ3v) is 4.22. The van der Waals surface area contributed by atoms with Crippen molar-refractivity contribution in [1.82, 2.24) is 4.90 Å². The molecule has 18 heavy (non-hydrogen) atoms. The van der Waals surface area contributed by atoms with Crippen molar-refractivity contribution in [1.29, 1.82) is 0 Å². The molecule has 1 atom stereocenters. The van der Waals surface area contributed by atoms with E-state index in [-0.39, 0.29) is 6.61 Å². The smallest absolute Gasteiger partial charge is 0.394 e. The van der Waals surface area contributed by atoms with Gasteiger partial charge in [0, 0.05) is 6.54 Å². The van der Waals surface area contributed by atoms with E-state index in [4.69, 9.17) is 0 Å². The van der Waals surface area contributed by atoms with Crippen molar-refractivity contribution in [3.05, 3.63) is 34.9 Å². The lowest BCUT2D eigenvalue weighted by atomic mass is 9.87. The van der Waals surface area contributed by atoms with Crippen molar-refractivity contribution in [3.63, 3.8) is 0 Å². The lowest BCUT2D eigenvalue weighted by Crippen LogP contribution is -2.38. The van der Waals surface area contributed by atoms with Crippen LogP contribution in [0.25, 0.3) is 0 Å². The van der Waals surface area contributed by atoms with Gasteiger partial charge in [-0.05, 0) is 36.6 Å². The molecule has 1 unspecified atom stereocenters. The summed E-state index contributed by atoms with van der Waals surface area (Å²) < 4.78 is 38.9. The summed E-state index contributed by atoms with van der Waals surface area (Å²) >= 11 is 0. The average molecular weight is 257 g/mol. The Morgan fingerprint density at radius 3 is 2.78 bits per heavy atom. The summed E-state index contributed by atoms with van der Waals surface area (Å²) in [5, 5.41) is 9.64. The summed E-state index contributed by atoms with van der Waals surface area (Å²) in [7, 11) is 0. The van der Waals surface area contributed by atoms with Crippen molar-refractivity contribution in [2.75, 3.05) is 13.2 Å². The van der Waals surface area contributed by atoms with Crippen molar-refractivity contribution in [2.24, 2.45) is 0 Å². The molecule has 0 bridgehead atoms. The first-order valence-corrected chi connectivity index (χ1v) is 6.04. The zero-order chi connectivity index (χ0) is 13.0. The second kappa shape index (κ2) is 3.71. The molecule has 2 aliphatic rings. The zero-order valence-corrected chi connectivity index (χ0v) is 9.80. The van der Waals surface area contributed by atoms with Crippen LogP contribution in [0.1, 0.15) is 29.5 Å². The van der Waals surface area contributed by atoms with Gasteiger partial charge in [-0.25, -0.2) is 0 Å². The van der Waals surface area contributed by atoms with Crippen molar-refractivity contribution in [3.8, 4) is 0 Å². The minimum atomic E-state index is -4.32. The SMILES string of the molecule is OCC12CCCN1Cc1c(C(F)(F)F)cccc12. The van der Waals surface area contributed by atoms with Crippen molar-refractivity contribution >= 4 is 0 Å². The third kappa shape index (κ3) is 1.44. The Morgan fingerprint density at radius 1 is 1.33 bits per heavy atom. The number of benzene rings is 1. The highest BCUT2D eigenvalue weighted by molar-refractivity contribution is 5.45. The number of nitrogens with zero attached hydrogens (tertiary/aromatic N) is 1. The number of hydrogen-bond donors (Lipinski definition) is 1. The second-order valence-corrected chi connectivity index (χ2v) is 5.04. The van der Waals surface area contributed by atoms with E-state index >= 15 is 0 Å². The van der Waals surface area contributed by atoms with Crippen LogP contribution in [-0.4, -0.2) is 23.2 Å². The third-order valence-electron chi connectivity index (χ3n) is 4.22. The summed E-state index contributed by atoms with van der Waals surface area (Å²) in [4.78, 5) is 1.98. The molecule has 2 heterocycles. The molecule has 0 saturated carbocycles. The maximum atomic E-state index is 13.0. The van der Waals surface area contributed by atoms with Gasteiger partial charge < -0.3 is 5.11 Å². The van der Waals surface area contributed by atoms with Crippen LogP contribution in [-0.2, 0) is 18.3 Å². The lowest BCUT2D eigenvalue weighted by molar-refractivity contribution is -0.138. The Kier molecular flexibility index (Phi) is 2.47. The van der Waals surface area contributed by atoms with Gasteiger partial charge in [0.15, 0.2) is 0 Å². The lowest BCUT2D eigenvalue weighted by Gasteiger charge is -2.30. The minimum Gasteiger partial charge on any atom is -0.394 e. The summed E-state index contributed by atoms with van der Waals surface area (Å²) in [5.74, 6) is 0. The van der Waals surface area contributed by atoms with Crippen molar-refractivity contribution < 1.29 is 18.3 Å². The quantitative estimate of drug-likeness (QED) is 0.835. The van der Waals surface area contributed by atoms with Gasteiger partial charge in [-0.1, -0.05) is 12.1 Å². The molecule has 1 fully saturated rings. The summed E-state index contributed by atoms with van der Waals surface area (Å²) in [5.41, 5.74) is -0.116. The molecule has 5 heteroatoms. The largest absolute Gasteiger partial charge is 0.416 e. The number of aliphatic hydroxyl groups excluding tert-OH is 1. The molecule has 98 valence electrons. The van der Waals surface area contributed by atoms with E-state index in [1.54, 1.807) is 6.07 Å². The fraction of sp³-hybridized carbons (Fsp3) is 0.538. The molecule has 0 radical (unpaired) electrons. The Balaban J connectivity index is 2.17. The predicted octanol–water partition coefficient (Wildman–Crippen LogP) is 2.50. The highest BCUT2D eigenvalue weighted by atomic mass is 19.4. The number of aliphatic hydroxyl groups is 1. The maximum absolute atomic E-state index is 13.0. The van der Waals surface area contributed by atoms with Crippen LogP contribution >= 0.6 is 0 Å². The second-order valence-electron chi connectivity index (χ2n) is 5.04. The van der Waals surface area contributed by atoms with Crippen LogP contribution in [0.4, 0.5) is 13.2 Å². The normalized spacial score (nSPS) is 27.3. The number of halogens is 3. The standard InChI is InChI=1S/C13H14F3NO/c14-13(15,16)11-4-1-3-10-9(11)7-17-6-2-5-12(10,17)8-18/h1,3-4,18H,2,5-8H2.